The highest BCUT2D eigenvalue weighted by Gasteiger charge is 2.43. The average Bonchev–Trinajstić information content (AvgIpc) is 2.49. The number of hydrogen-bond donors (Lipinski definition) is 1. The molecule has 0 saturated carbocycles. The lowest BCUT2D eigenvalue weighted by Gasteiger charge is -2.40. The highest BCUT2D eigenvalue weighted by Crippen LogP contribution is 2.35. The number of carbonyl (C=O) groups excluding carboxylic acids is 1. The minimum absolute atomic E-state index is 0.106. The first-order valence-electron chi connectivity index (χ1n) is 7.37. The summed E-state index contributed by atoms with van der Waals surface area (Å²) in [5.74, 6) is -2.03. The number of aliphatic carboxylic acids is 1. The largest absolute Gasteiger partial charge is 0.481 e. The quantitative estimate of drug-likeness (QED) is 0.919. The lowest BCUT2D eigenvalue weighted by Crippen LogP contribution is -2.50. The standard InChI is InChI=1S/C16H19ClFNO3/c1-2-6-16(15(21)22)7-3-8-19(10-16)14(20)12-9-11(17)4-5-13(12)18/h4-5,9H,2-3,6-8,10H2,1H3,(H,21,22)/t16-/m0/s1. The number of rotatable bonds is 4. The van der Waals surface area contributed by atoms with Gasteiger partial charge in [-0.25, -0.2) is 4.39 Å². The zero-order valence-corrected chi connectivity index (χ0v) is 13.2. The first kappa shape index (κ1) is 16.7. The third-order valence-electron chi connectivity index (χ3n) is 4.21. The number of benzene rings is 1. The molecule has 120 valence electrons. The van der Waals surface area contributed by atoms with Crippen LogP contribution in [0.25, 0.3) is 0 Å². The van der Waals surface area contributed by atoms with E-state index in [1.165, 1.54) is 17.0 Å². The van der Waals surface area contributed by atoms with Crippen molar-refractivity contribution in [2.75, 3.05) is 13.1 Å². The Hall–Kier alpha value is -1.62. The second-order valence-corrected chi connectivity index (χ2v) is 6.23. The van der Waals surface area contributed by atoms with Gasteiger partial charge in [0.05, 0.1) is 11.0 Å². The number of carbonyl (C=O) groups is 2. The maximum absolute atomic E-state index is 13.9. The Bertz CT molecular complexity index is 589. The van der Waals surface area contributed by atoms with Crippen LogP contribution < -0.4 is 0 Å². The van der Waals surface area contributed by atoms with Crippen molar-refractivity contribution >= 4 is 23.5 Å². The number of carboxylic acid groups (broad SMARTS) is 1. The summed E-state index contributed by atoms with van der Waals surface area (Å²) < 4.78 is 13.9. The van der Waals surface area contributed by atoms with E-state index in [-0.39, 0.29) is 17.1 Å². The van der Waals surface area contributed by atoms with Crippen LogP contribution in [0.2, 0.25) is 5.02 Å². The highest BCUT2D eigenvalue weighted by molar-refractivity contribution is 6.31. The summed E-state index contributed by atoms with van der Waals surface area (Å²) in [6, 6.07) is 3.81. The summed E-state index contributed by atoms with van der Waals surface area (Å²) >= 11 is 5.82. The molecule has 0 unspecified atom stereocenters. The van der Waals surface area contributed by atoms with Gasteiger partial charge in [0.25, 0.3) is 5.91 Å². The molecule has 1 N–H and O–H groups in total. The second kappa shape index (κ2) is 6.65. The Labute approximate surface area is 133 Å². The monoisotopic (exact) mass is 327 g/mol. The Balaban J connectivity index is 2.26. The van der Waals surface area contributed by atoms with Crippen molar-refractivity contribution in [3.63, 3.8) is 0 Å². The Morgan fingerprint density at radius 1 is 1.45 bits per heavy atom. The topological polar surface area (TPSA) is 57.6 Å². The minimum atomic E-state index is -0.933. The fourth-order valence-electron chi connectivity index (χ4n) is 3.10. The number of piperidine rings is 1. The number of halogens is 2. The van der Waals surface area contributed by atoms with Gasteiger partial charge in [0, 0.05) is 18.1 Å². The average molecular weight is 328 g/mol. The molecule has 1 amide bonds. The van der Waals surface area contributed by atoms with Gasteiger partial charge in [0.15, 0.2) is 0 Å². The number of amides is 1. The smallest absolute Gasteiger partial charge is 0.311 e. The second-order valence-electron chi connectivity index (χ2n) is 5.79. The SMILES string of the molecule is CCC[C@]1(C(=O)O)CCCN(C(=O)c2cc(Cl)ccc2F)C1. The number of nitrogens with zero attached hydrogens (tertiary/aromatic N) is 1. The summed E-state index contributed by atoms with van der Waals surface area (Å²) in [5.41, 5.74) is -1.04. The first-order chi connectivity index (χ1) is 10.4. The molecular formula is C16H19ClFNO3. The van der Waals surface area contributed by atoms with Crippen molar-refractivity contribution in [3.05, 3.63) is 34.6 Å². The molecule has 1 fully saturated rings. The molecule has 6 heteroatoms. The van der Waals surface area contributed by atoms with Crippen LogP contribution in [-0.2, 0) is 4.79 Å². The Kier molecular flexibility index (Phi) is 5.06. The predicted octanol–water partition coefficient (Wildman–Crippen LogP) is 3.59. The van der Waals surface area contributed by atoms with Crippen molar-refractivity contribution in [1.29, 1.82) is 0 Å². The molecule has 0 spiro atoms. The summed E-state index contributed by atoms with van der Waals surface area (Å²) in [7, 11) is 0. The van der Waals surface area contributed by atoms with Gasteiger partial charge in [-0.15, -0.1) is 0 Å². The molecule has 0 aliphatic carbocycles. The molecule has 22 heavy (non-hydrogen) atoms. The van der Waals surface area contributed by atoms with Gasteiger partial charge in [0.1, 0.15) is 5.82 Å². The molecule has 1 heterocycles. The fourth-order valence-corrected chi connectivity index (χ4v) is 3.27. The molecule has 1 atom stereocenters. The van der Waals surface area contributed by atoms with Crippen LogP contribution in [0.15, 0.2) is 18.2 Å². The molecule has 1 aliphatic rings. The van der Waals surface area contributed by atoms with Gasteiger partial charge in [0.2, 0.25) is 0 Å². The van der Waals surface area contributed by atoms with E-state index in [1.54, 1.807) is 0 Å². The van der Waals surface area contributed by atoms with Crippen LogP contribution in [0.4, 0.5) is 4.39 Å². The van der Waals surface area contributed by atoms with Crippen LogP contribution in [-0.4, -0.2) is 35.0 Å². The Morgan fingerprint density at radius 3 is 2.82 bits per heavy atom. The highest BCUT2D eigenvalue weighted by atomic mass is 35.5. The van der Waals surface area contributed by atoms with Crippen LogP contribution in [0, 0.1) is 11.2 Å². The van der Waals surface area contributed by atoms with Gasteiger partial charge in [-0.1, -0.05) is 24.9 Å². The van der Waals surface area contributed by atoms with E-state index in [1.807, 2.05) is 6.92 Å². The van der Waals surface area contributed by atoms with E-state index in [0.717, 1.165) is 12.5 Å². The number of hydrogen-bond acceptors (Lipinski definition) is 2. The van der Waals surface area contributed by atoms with E-state index in [2.05, 4.69) is 0 Å². The zero-order valence-electron chi connectivity index (χ0n) is 12.4. The van der Waals surface area contributed by atoms with Crippen molar-refractivity contribution < 1.29 is 19.1 Å². The molecule has 4 nitrogen and oxygen atoms in total. The van der Waals surface area contributed by atoms with Gasteiger partial charge in [-0.2, -0.15) is 0 Å². The fraction of sp³-hybridized carbons (Fsp3) is 0.500. The maximum atomic E-state index is 13.9. The van der Waals surface area contributed by atoms with Crippen molar-refractivity contribution in [3.8, 4) is 0 Å². The van der Waals surface area contributed by atoms with Crippen LogP contribution in [0.5, 0.6) is 0 Å². The third kappa shape index (κ3) is 3.24. The van der Waals surface area contributed by atoms with Crippen LogP contribution in [0.3, 0.4) is 0 Å². The van der Waals surface area contributed by atoms with E-state index < -0.39 is 23.1 Å². The molecular weight excluding hydrogens is 309 g/mol. The van der Waals surface area contributed by atoms with Gasteiger partial charge in [-0.3, -0.25) is 9.59 Å². The Morgan fingerprint density at radius 2 is 2.18 bits per heavy atom. The van der Waals surface area contributed by atoms with E-state index >= 15 is 0 Å². The maximum Gasteiger partial charge on any atom is 0.311 e. The number of carboxylic acids is 1. The molecule has 1 aliphatic heterocycles. The van der Waals surface area contributed by atoms with E-state index in [4.69, 9.17) is 11.6 Å². The molecule has 0 bridgehead atoms. The molecule has 0 radical (unpaired) electrons. The van der Waals surface area contributed by atoms with Gasteiger partial charge in [-0.05, 0) is 37.5 Å². The summed E-state index contributed by atoms with van der Waals surface area (Å²) in [5, 5.41) is 9.83. The van der Waals surface area contributed by atoms with Crippen LogP contribution in [0.1, 0.15) is 43.0 Å². The minimum Gasteiger partial charge on any atom is -0.481 e. The van der Waals surface area contributed by atoms with Crippen molar-refractivity contribution in [1.82, 2.24) is 4.90 Å². The van der Waals surface area contributed by atoms with E-state index in [9.17, 15) is 19.1 Å². The molecule has 0 aromatic heterocycles. The zero-order chi connectivity index (χ0) is 16.3. The molecule has 1 aromatic carbocycles. The summed E-state index contributed by atoms with van der Waals surface area (Å²) in [6.45, 7) is 2.46. The molecule has 2 rings (SSSR count). The third-order valence-corrected chi connectivity index (χ3v) is 4.44. The predicted molar refractivity (Wildman–Crippen MR) is 81.5 cm³/mol. The summed E-state index contributed by atoms with van der Waals surface area (Å²) in [4.78, 5) is 25.6. The van der Waals surface area contributed by atoms with Gasteiger partial charge < -0.3 is 10.0 Å². The normalized spacial score (nSPS) is 21.7. The summed E-state index contributed by atoms with van der Waals surface area (Å²) in [6.07, 6.45) is 2.36. The number of likely N-dealkylation sites (tertiary alicyclic amines) is 1. The first-order valence-corrected chi connectivity index (χ1v) is 7.75. The lowest BCUT2D eigenvalue weighted by atomic mass is 9.76. The van der Waals surface area contributed by atoms with Crippen LogP contribution >= 0.6 is 11.6 Å². The van der Waals surface area contributed by atoms with E-state index in [0.29, 0.717) is 25.8 Å². The van der Waals surface area contributed by atoms with Gasteiger partial charge >= 0.3 is 5.97 Å². The molecule has 1 aromatic rings. The van der Waals surface area contributed by atoms with Crippen molar-refractivity contribution in [2.24, 2.45) is 5.41 Å². The van der Waals surface area contributed by atoms with Crippen molar-refractivity contribution in [2.45, 2.75) is 32.6 Å². The molecule has 1 saturated heterocycles. The lowest BCUT2D eigenvalue weighted by molar-refractivity contribution is -0.152.